The van der Waals surface area contributed by atoms with Crippen molar-refractivity contribution >= 4 is 9.84 Å². The number of nitrogens with zero attached hydrogens (tertiary/aromatic N) is 1. The molecule has 0 aromatic rings. The topological polar surface area (TPSA) is 49.4 Å². The normalized spacial score (nSPS) is 33.7. The van der Waals surface area contributed by atoms with Crippen molar-refractivity contribution in [1.29, 1.82) is 0 Å². The average Bonchev–Trinajstić information content (AvgIpc) is 2.85. The van der Waals surface area contributed by atoms with Crippen LogP contribution < -0.4 is 5.32 Å². The molecule has 1 aliphatic heterocycles. The van der Waals surface area contributed by atoms with Crippen LogP contribution in [0.4, 0.5) is 0 Å². The summed E-state index contributed by atoms with van der Waals surface area (Å²) in [6.07, 6.45) is 9.30. The molecule has 1 aliphatic carbocycles. The van der Waals surface area contributed by atoms with Gasteiger partial charge in [0.05, 0.1) is 5.25 Å². The van der Waals surface area contributed by atoms with Crippen molar-refractivity contribution < 1.29 is 8.42 Å². The highest BCUT2D eigenvalue weighted by atomic mass is 32.2. The molecular weight excluding hydrogens is 260 g/mol. The number of likely N-dealkylation sites (tertiary alicyclic amines) is 1. The number of nitrogens with one attached hydrogen (secondary N) is 1. The van der Waals surface area contributed by atoms with Crippen molar-refractivity contribution in [2.24, 2.45) is 0 Å². The molecule has 0 bridgehead atoms. The number of piperidine rings is 1. The van der Waals surface area contributed by atoms with Crippen molar-refractivity contribution in [2.45, 2.75) is 62.3 Å². The van der Waals surface area contributed by atoms with Crippen LogP contribution in [-0.4, -0.2) is 57.0 Å². The Labute approximate surface area is 117 Å². The predicted octanol–water partition coefficient (Wildman–Crippen LogP) is 1.42. The zero-order valence-electron chi connectivity index (χ0n) is 12.3. The fraction of sp³-hybridized carbons (Fsp3) is 1.00. The van der Waals surface area contributed by atoms with Crippen LogP contribution in [0, 0.1) is 0 Å². The zero-order chi connectivity index (χ0) is 13.9. The molecule has 0 amide bonds. The number of sulfone groups is 1. The Kier molecular flexibility index (Phi) is 5.26. The second-order valence-corrected chi connectivity index (χ2v) is 8.41. The summed E-state index contributed by atoms with van der Waals surface area (Å²) in [5, 5.41) is 3.10. The van der Waals surface area contributed by atoms with E-state index in [0.717, 1.165) is 38.8 Å². The molecule has 1 saturated heterocycles. The van der Waals surface area contributed by atoms with E-state index >= 15 is 0 Å². The molecule has 2 fully saturated rings. The summed E-state index contributed by atoms with van der Waals surface area (Å²) in [6.45, 7) is 2.11. The van der Waals surface area contributed by atoms with Crippen LogP contribution in [0.1, 0.15) is 44.9 Å². The van der Waals surface area contributed by atoms with Crippen LogP contribution in [0.5, 0.6) is 0 Å². The van der Waals surface area contributed by atoms with Gasteiger partial charge in [0.2, 0.25) is 0 Å². The van der Waals surface area contributed by atoms with Gasteiger partial charge in [0.25, 0.3) is 0 Å². The van der Waals surface area contributed by atoms with Gasteiger partial charge in [-0.05, 0) is 52.2 Å². The van der Waals surface area contributed by atoms with Crippen molar-refractivity contribution in [3.8, 4) is 0 Å². The molecule has 4 nitrogen and oxygen atoms in total. The first-order valence-corrected chi connectivity index (χ1v) is 9.58. The third kappa shape index (κ3) is 3.70. The molecule has 112 valence electrons. The minimum Gasteiger partial charge on any atom is -0.320 e. The highest BCUT2D eigenvalue weighted by molar-refractivity contribution is 7.91. The molecule has 2 aliphatic rings. The van der Waals surface area contributed by atoms with Crippen LogP contribution in [0.15, 0.2) is 0 Å². The maximum Gasteiger partial charge on any atom is 0.151 e. The van der Waals surface area contributed by atoms with Gasteiger partial charge in [-0.1, -0.05) is 12.8 Å². The monoisotopic (exact) mass is 288 g/mol. The minimum absolute atomic E-state index is 0.123. The van der Waals surface area contributed by atoms with Gasteiger partial charge in [0.15, 0.2) is 9.84 Å². The molecule has 0 radical (unpaired) electrons. The first-order chi connectivity index (χ1) is 9.04. The van der Waals surface area contributed by atoms with E-state index in [0.29, 0.717) is 6.04 Å². The Hall–Kier alpha value is -0.130. The van der Waals surface area contributed by atoms with Crippen molar-refractivity contribution in [3.63, 3.8) is 0 Å². The van der Waals surface area contributed by atoms with Crippen LogP contribution in [0.25, 0.3) is 0 Å². The Morgan fingerprint density at radius 1 is 1.16 bits per heavy atom. The van der Waals surface area contributed by atoms with E-state index in [1.54, 1.807) is 0 Å². The van der Waals surface area contributed by atoms with Gasteiger partial charge >= 0.3 is 0 Å². The van der Waals surface area contributed by atoms with Gasteiger partial charge in [-0.25, -0.2) is 8.42 Å². The highest BCUT2D eigenvalue weighted by Gasteiger charge is 2.41. The van der Waals surface area contributed by atoms with E-state index in [9.17, 15) is 8.42 Å². The van der Waals surface area contributed by atoms with E-state index < -0.39 is 9.84 Å². The van der Waals surface area contributed by atoms with E-state index in [1.165, 1.54) is 25.5 Å². The lowest BCUT2D eigenvalue weighted by molar-refractivity contribution is 0.0928. The van der Waals surface area contributed by atoms with Gasteiger partial charge in [-0.3, -0.25) is 4.90 Å². The van der Waals surface area contributed by atoms with Crippen LogP contribution in [0.2, 0.25) is 0 Å². The largest absolute Gasteiger partial charge is 0.320 e. The molecular formula is C14H28N2O2S. The first-order valence-electron chi connectivity index (χ1n) is 7.63. The summed E-state index contributed by atoms with van der Waals surface area (Å²) < 4.78 is 23.9. The Morgan fingerprint density at radius 3 is 2.63 bits per heavy atom. The summed E-state index contributed by atoms with van der Waals surface area (Å²) in [4.78, 5) is 2.53. The molecule has 0 spiro atoms. The maximum atomic E-state index is 12.0. The number of hydrogen-bond donors (Lipinski definition) is 1. The number of rotatable bonds is 5. The van der Waals surface area contributed by atoms with Gasteiger partial charge in [0.1, 0.15) is 0 Å². The van der Waals surface area contributed by atoms with Gasteiger partial charge in [-0.15, -0.1) is 0 Å². The van der Waals surface area contributed by atoms with E-state index in [2.05, 4.69) is 10.2 Å². The smallest absolute Gasteiger partial charge is 0.151 e. The second kappa shape index (κ2) is 6.55. The molecule has 3 atom stereocenters. The fourth-order valence-corrected chi connectivity index (χ4v) is 5.32. The molecule has 0 aromatic heterocycles. The van der Waals surface area contributed by atoms with E-state index in [1.807, 2.05) is 7.05 Å². The second-order valence-electron chi connectivity index (χ2n) is 6.15. The summed E-state index contributed by atoms with van der Waals surface area (Å²) >= 11 is 0. The molecule has 1 saturated carbocycles. The lowest BCUT2D eigenvalue weighted by Crippen LogP contribution is -2.51. The minimum atomic E-state index is -2.90. The lowest BCUT2D eigenvalue weighted by Gasteiger charge is -2.42. The molecule has 1 N–H and O–H groups in total. The van der Waals surface area contributed by atoms with Crippen LogP contribution >= 0.6 is 0 Å². The third-order valence-electron chi connectivity index (χ3n) is 4.79. The van der Waals surface area contributed by atoms with Gasteiger partial charge < -0.3 is 5.32 Å². The van der Waals surface area contributed by atoms with Crippen molar-refractivity contribution in [2.75, 3.05) is 26.4 Å². The van der Waals surface area contributed by atoms with Gasteiger partial charge in [0, 0.05) is 18.3 Å². The zero-order valence-corrected chi connectivity index (χ0v) is 13.1. The SMILES string of the molecule is CNCCC1CCCCN1C1CCCC1S(C)(=O)=O. The quantitative estimate of drug-likeness (QED) is 0.831. The Morgan fingerprint density at radius 2 is 1.95 bits per heavy atom. The van der Waals surface area contributed by atoms with Crippen molar-refractivity contribution in [3.05, 3.63) is 0 Å². The van der Waals surface area contributed by atoms with E-state index in [-0.39, 0.29) is 11.3 Å². The van der Waals surface area contributed by atoms with Crippen molar-refractivity contribution in [1.82, 2.24) is 10.2 Å². The molecule has 0 aromatic carbocycles. The predicted molar refractivity (Wildman–Crippen MR) is 79.2 cm³/mol. The van der Waals surface area contributed by atoms with Gasteiger partial charge in [-0.2, -0.15) is 0 Å². The van der Waals surface area contributed by atoms with Crippen LogP contribution in [-0.2, 0) is 9.84 Å². The van der Waals surface area contributed by atoms with Crippen LogP contribution in [0.3, 0.4) is 0 Å². The first kappa shape index (κ1) is 15.3. The molecule has 19 heavy (non-hydrogen) atoms. The molecule has 5 heteroatoms. The number of hydrogen-bond acceptors (Lipinski definition) is 4. The summed E-state index contributed by atoms with van der Waals surface area (Å²) in [7, 11) is -0.914. The maximum absolute atomic E-state index is 12.0. The Bertz CT molecular complexity index is 383. The Balaban J connectivity index is 2.08. The summed E-state index contributed by atoms with van der Waals surface area (Å²) in [5.74, 6) is 0. The molecule has 2 rings (SSSR count). The fourth-order valence-electron chi connectivity index (χ4n) is 3.87. The standard InChI is InChI=1S/C14H28N2O2S/c1-15-10-9-12-6-3-4-11-16(12)13-7-5-8-14(13)19(2,17)18/h12-15H,3-11H2,1-2H3. The third-order valence-corrected chi connectivity index (χ3v) is 6.44. The molecule has 1 heterocycles. The summed E-state index contributed by atoms with van der Waals surface area (Å²) in [5.41, 5.74) is 0. The highest BCUT2D eigenvalue weighted by Crippen LogP contribution is 2.34. The lowest BCUT2D eigenvalue weighted by atomic mass is 9.96. The van der Waals surface area contributed by atoms with E-state index in [4.69, 9.17) is 0 Å². The average molecular weight is 288 g/mol. The summed E-state index contributed by atoms with van der Waals surface area (Å²) in [6, 6.07) is 0.853. The molecule has 3 unspecified atom stereocenters.